The van der Waals surface area contributed by atoms with E-state index in [0.717, 1.165) is 5.56 Å². The fraction of sp³-hybridized carbons (Fsp3) is 0.400. The van der Waals surface area contributed by atoms with Gasteiger partial charge in [0.05, 0.1) is 6.61 Å². The van der Waals surface area contributed by atoms with Gasteiger partial charge in [0.1, 0.15) is 0 Å². The van der Waals surface area contributed by atoms with Crippen LogP contribution in [0, 0.1) is 0 Å². The molecule has 0 saturated carbocycles. The van der Waals surface area contributed by atoms with Crippen LogP contribution in [0.4, 0.5) is 0 Å². The van der Waals surface area contributed by atoms with Gasteiger partial charge in [-0.05, 0) is 26.7 Å². The molecular formula is C10H18BNO3. The van der Waals surface area contributed by atoms with Crippen molar-refractivity contribution >= 4 is 7.32 Å². The highest BCUT2D eigenvalue weighted by atomic mass is 16.6. The van der Waals surface area contributed by atoms with E-state index in [0.29, 0.717) is 0 Å². The summed E-state index contributed by atoms with van der Waals surface area (Å²) in [6, 6.07) is 9.31. The van der Waals surface area contributed by atoms with Crippen molar-refractivity contribution in [2.45, 2.75) is 6.61 Å². The van der Waals surface area contributed by atoms with Gasteiger partial charge in [0.2, 0.25) is 0 Å². The molecule has 0 atom stereocenters. The first-order chi connectivity index (χ1) is 7.02. The predicted molar refractivity (Wildman–Crippen MR) is 61.0 cm³/mol. The molecule has 1 rings (SSSR count). The highest BCUT2D eigenvalue weighted by Gasteiger charge is 2.07. The van der Waals surface area contributed by atoms with Crippen LogP contribution < -0.4 is 0 Å². The third kappa shape index (κ3) is 11.0. The van der Waals surface area contributed by atoms with E-state index >= 15 is 0 Å². The van der Waals surface area contributed by atoms with Gasteiger partial charge in [-0.15, -0.1) is 0 Å². The van der Waals surface area contributed by atoms with Gasteiger partial charge in [0.15, 0.2) is 0 Å². The van der Waals surface area contributed by atoms with Crippen LogP contribution in [0.3, 0.4) is 0 Å². The normalized spacial score (nSPS) is 9.47. The average molecular weight is 211 g/mol. The lowest BCUT2D eigenvalue weighted by atomic mass is 10.2. The zero-order valence-corrected chi connectivity index (χ0v) is 9.42. The zero-order chi connectivity index (χ0) is 11.7. The van der Waals surface area contributed by atoms with Crippen molar-refractivity contribution in [2.24, 2.45) is 0 Å². The molecule has 0 saturated heterocycles. The summed E-state index contributed by atoms with van der Waals surface area (Å²) >= 11 is 0. The maximum atomic E-state index is 8.35. The molecule has 0 fully saturated rings. The van der Waals surface area contributed by atoms with Crippen molar-refractivity contribution in [3.05, 3.63) is 35.9 Å². The molecule has 1 aromatic rings. The number of hydrogen-bond donors (Lipinski definition) is 2. The molecule has 15 heavy (non-hydrogen) atoms. The second-order valence-corrected chi connectivity index (χ2v) is 3.46. The summed E-state index contributed by atoms with van der Waals surface area (Å²) < 4.78 is 4.54. The monoisotopic (exact) mass is 211 g/mol. The third-order valence-corrected chi connectivity index (χ3v) is 1.24. The first-order valence-corrected chi connectivity index (χ1v) is 4.65. The van der Waals surface area contributed by atoms with Crippen LogP contribution in [0.1, 0.15) is 5.56 Å². The molecule has 4 nitrogen and oxygen atoms in total. The molecule has 1 aromatic carbocycles. The summed E-state index contributed by atoms with van der Waals surface area (Å²) in [4.78, 5) is 2.00. The van der Waals surface area contributed by atoms with Crippen molar-refractivity contribution in [3.8, 4) is 0 Å². The smallest absolute Gasteiger partial charge is 0.402 e. The SMILES string of the molecule is CN(C)C.OB(O)OCc1ccccc1. The second-order valence-electron chi connectivity index (χ2n) is 3.46. The van der Waals surface area contributed by atoms with Gasteiger partial charge >= 0.3 is 7.32 Å². The molecule has 0 aliphatic carbocycles. The fourth-order valence-electron chi connectivity index (χ4n) is 0.745. The molecule has 5 heteroatoms. The van der Waals surface area contributed by atoms with Crippen molar-refractivity contribution in [1.29, 1.82) is 0 Å². The van der Waals surface area contributed by atoms with E-state index < -0.39 is 7.32 Å². The molecule has 0 radical (unpaired) electrons. The number of hydrogen-bond acceptors (Lipinski definition) is 4. The van der Waals surface area contributed by atoms with Gasteiger partial charge < -0.3 is 19.6 Å². The minimum Gasteiger partial charge on any atom is -0.402 e. The quantitative estimate of drug-likeness (QED) is 0.708. The van der Waals surface area contributed by atoms with E-state index in [4.69, 9.17) is 10.0 Å². The molecule has 2 N–H and O–H groups in total. The maximum absolute atomic E-state index is 8.35. The van der Waals surface area contributed by atoms with Crippen LogP contribution in [0.25, 0.3) is 0 Å². The molecule has 0 spiro atoms. The largest absolute Gasteiger partial charge is 0.634 e. The van der Waals surface area contributed by atoms with Crippen LogP contribution in [0.5, 0.6) is 0 Å². The van der Waals surface area contributed by atoms with Gasteiger partial charge in [-0.2, -0.15) is 0 Å². The van der Waals surface area contributed by atoms with Crippen LogP contribution in [0.2, 0.25) is 0 Å². The molecule has 0 heterocycles. The molecule has 84 valence electrons. The fourth-order valence-corrected chi connectivity index (χ4v) is 0.745. The minimum atomic E-state index is -1.68. The number of benzene rings is 1. The number of rotatable bonds is 3. The van der Waals surface area contributed by atoms with Crippen molar-refractivity contribution < 1.29 is 14.7 Å². The highest BCUT2D eigenvalue weighted by Crippen LogP contribution is 1.99. The van der Waals surface area contributed by atoms with Gasteiger partial charge in [-0.3, -0.25) is 0 Å². The van der Waals surface area contributed by atoms with Gasteiger partial charge in [0, 0.05) is 0 Å². The van der Waals surface area contributed by atoms with Crippen LogP contribution in [-0.2, 0) is 11.3 Å². The summed E-state index contributed by atoms with van der Waals surface area (Å²) in [6.07, 6.45) is 0. The Kier molecular flexibility index (Phi) is 7.94. The Morgan fingerprint density at radius 2 is 1.60 bits per heavy atom. The first-order valence-electron chi connectivity index (χ1n) is 4.65. The molecule has 0 aliphatic heterocycles. The number of nitrogens with zero attached hydrogens (tertiary/aromatic N) is 1. The molecule has 0 aromatic heterocycles. The third-order valence-electron chi connectivity index (χ3n) is 1.24. The minimum absolute atomic E-state index is 0.221. The lowest BCUT2D eigenvalue weighted by molar-refractivity contribution is 0.177. The molecule has 0 amide bonds. The maximum Gasteiger partial charge on any atom is 0.634 e. The Morgan fingerprint density at radius 3 is 2.00 bits per heavy atom. The van der Waals surface area contributed by atoms with Crippen LogP contribution in [0.15, 0.2) is 30.3 Å². The zero-order valence-electron chi connectivity index (χ0n) is 9.42. The van der Waals surface area contributed by atoms with E-state index in [9.17, 15) is 0 Å². The summed E-state index contributed by atoms with van der Waals surface area (Å²) in [5.74, 6) is 0. The molecule has 0 aliphatic rings. The van der Waals surface area contributed by atoms with Crippen LogP contribution in [-0.4, -0.2) is 43.4 Å². The lowest BCUT2D eigenvalue weighted by Crippen LogP contribution is -2.16. The van der Waals surface area contributed by atoms with Gasteiger partial charge in [-0.25, -0.2) is 0 Å². The summed E-state index contributed by atoms with van der Waals surface area (Å²) in [5, 5.41) is 16.7. The Morgan fingerprint density at radius 1 is 1.13 bits per heavy atom. The summed E-state index contributed by atoms with van der Waals surface area (Å²) in [5.41, 5.74) is 0.917. The van der Waals surface area contributed by atoms with E-state index in [1.807, 2.05) is 56.4 Å². The van der Waals surface area contributed by atoms with E-state index in [-0.39, 0.29) is 6.61 Å². The lowest BCUT2D eigenvalue weighted by Gasteiger charge is -2.00. The van der Waals surface area contributed by atoms with Gasteiger partial charge in [0.25, 0.3) is 0 Å². The highest BCUT2D eigenvalue weighted by molar-refractivity contribution is 6.32. The van der Waals surface area contributed by atoms with Crippen molar-refractivity contribution in [2.75, 3.05) is 21.1 Å². The summed E-state index contributed by atoms with van der Waals surface area (Å²) in [7, 11) is 4.32. The Bertz CT molecular complexity index is 239. The van der Waals surface area contributed by atoms with E-state index in [2.05, 4.69) is 4.65 Å². The molecule has 0 unspecified atom stereocenters. The first kappa shape index (κ1) is 14.1. The predicted octanol–water partition coefficient (Wildman–Crippen LogP) is 0.350. The van der Waals surface area contributed by atoms with Crippen molar-refractivity contribution in [1.82, 2.24) is 4.90 Å². The van der Waals surface area contributed by atoms with Gasteiger partial charge in [-0.1, -0.05) is 30.3 Å². The van der Waals surface area contributed by atoms with E-state index in [1.54, 1.807) is 0 Å². The molecular weight excluding hydrogens is 193 g/mol. The van der Waals surface area contributed by atoms with E-state index in [1.165, 1.54) is 0 Å². The Balaban J connectivity index is 0.000000423. The molecule has 0 bridgehead atoms. The standard InChI is InChI=1S/C7H9BO3.C3H9N/c9-8(10)11-6-7-4-2-1-3-5-7;1-4(2)3/h1-5,9-10H,6H2;1-3H3. The Hall–Kier alpha value is -0.875. The average Bonchev–Trinajstić information content (AvgIpc) is 2.15. The topological polar surface area (TPSA) is 52.9 Å². The Labute approximate surface area is 91.3 Å². The second kappa shape index (κ2) is 8.43. The summed E-state index contributed by atoms with van der Waals surface area (Å²) in [6.45, 7) is 0.221. The van der Waals surface area contributed by atoms with Crippen molar-refractivity contribution in [3.63, 3.8) is 0 Å². The van der Waals surface area contributed by atoms with Crippen LogP contribution >= 0.6 is 0 Å².